The Morgan fingerprint density at radius 3 is 2.40 bits per heavy atom. The number of hydrogen-bond donors (Lipinski definition) is 2. The highest BCUT2D eigenvalue weighted by Gasteiger charge is 2.24. The van der Waals surface area contributed by atoms with Crippen LogP contribution in [0.5, 0.6) is 0 Å². The predicted molar refractivity (Wildman–Crippen MR) is 64.8 cm³/mol. The molecule has 2 aliphatic carbocycles. The Balaban J connectivity index is 1.64. The van der Waals surface area contributed by atoms with Crippen molar-refractivity contribution in [1.29, 1.82) is 0 Å². The fourth-order valence-corrected chi connectivity index (χ4v) is 2.86. The molecule has 0 aromatic heterocycles. The topological polar surface area (TPSA) is 38.0 Å². The number of nitrogens with one attached hydrogen (secondary N) is 1. The summed E-state index contributed by atoms with van der Waals surface area (Å²) in [5.41, 5.74) is 5.87. The molecule has 0 spiro atoms. The van der Waals surface area contributed by atoms with Gasteiger partial charge in [-0.3, -0.25) is 0 Å². The van der Waals surface area contributed by atoms with Crippen LogP contribution in [0.4, 0.5) is 0 Å². The molecule has 0 aliphatic heterocycles. The summed E-state index contributed by atoms with van der Waals surface area (Å²) < 4.78 is 0. The number of rotatable bonds is 6. The Kier molecular flexibility index (Phi) is 4.45. The Morgan fingerprint density at radius 2 is 1.80 bits per heavy atom. The minimum Gasteiger partial charge on any atom is -0.329 e. The highest BCUT2D eigenvalue weighted by molar-refractivity contribution is 4.81. The van der Waals surface area contributed by atoms with Gasteiger partial charge in [0, 0.05) is 12.6 Å². The second-order valence-electron chi connectivity index (χ2n) is 5.43. The third-order valence-corrected chi connectivity index (χ3v) is 4.13. The molecule has 15 heavy (non-hydrogen) atoms. The fraction of sp³-hybridized carbons (Fsp3) is 1.00. The molecule has 2 fully saturated rings. The van der Waals surface area contributed by atoms with Crippen LogP contribution in [-0.4, -0.2) is 19.1 Å². The van der Waals surface area contributed by atoms with Crippen LogP contribution in [0.2, 0.25) is 0 Å². The summed E-state index contributed by atoms with van der Waals surface area (Å²) in [7, 11) is 0. The third-order valence-electron chi connectivity index (χ3n) is 4.13. The van der Waals surface area contributed by atoms with Crippen LogP contribution in [0.3, 0.4) is 0 Å². The van der Waals surface area contributed by atoms with E-state index in [-0.39, 0.29) is 0 Å². The Hall–Kier alpha value is -0.0800. The summed E-state index contributed by atoms with van der Waals surface area (Å²) in [6, 6.07) is 0.601. The van der Waals surface area contributed by atoms with E-state index in [1.54, 1.807) is 0 Å². The van der Waals surface area contributed by atoms with Crippen LogP contribution >= 0.6 is 0 Å². The molecule has 3 N–H and O–H groups in total. The van der Waals surface area contributed by atoms with Gasteiger partial charge in [-0.2, -0.15) is 0 Å². The molecule has 0 amide bonds. The van der Waals surface area contributed by atoms with Crippen LogP contribution in [0.1, 0.15) is 51.4 Å². The van der Waals surface area contributed by atoms with Crippen molar-refractivity contribution >= 4 is 0 Å². The Morgan fingerprint density at radius 1 is 1.07 bits per heavy atom. The maximum absolute atomic E-state index is 5.87. The van der Waals surface area contributed by atoms with Crippen molar-refractivity contribution in [2.75, 3.05) is 13.1 Å². The first kappa shape index (κ1) is 11.4. The monoisotopic (exact) mass is 210 g/mol. The van der Waals surface area contributed by atoms with E-state index in [0.717, 1.165) is 18.4 Å². The number of hydrogen-bond acceptors (Lipinski definition) is 2. The minimum atomic E-state index is 0.601. The van der Waals surface area contributed by atoms with E-state index < -0.39 is 0 Å². The van der Waals surface area contributed by atoms with Gasteiger partial charge < -0.3 is 11.1 Å². The smallest absolute Gasteiger partial charge is 0.0218 e. The zero-order valence-electron chi connectivity index (χ0n) is 9.88. The first-order chi connectivity index (χ1) is 7.40. The van der Waals surface area contributed by atoms with Crippen LogP contribution < -0.4 is 11.1 Å². The summed E-state index contributed by atoms with van der Waals surface area (Å²) in [6.07, 6.45) is 11.4. The molecule has 2 rings (SSSR count). The maximum Gasteiger partial charge on any atom is 0.0218 e. The highest BCUT2D eigenvalue weighted by Crippen LogP contribution is 2.32. The molecule has 2 heteroatoms. The van der Waals surface area contributed by atoms with E-state index in [0.29, 0.717) is 6.04 Å². The van der Waals surface area contributed by atoms with Crippen LogP contribution in [-0.2, 0) is 0 Å². The summed E-state index contributed by atoms with van der Waals surface area (Å²) in [5, 5.41) is 3.69. The molecule has 0 aromatic rings. The summed E-state index contributed by atoms with van der Waals surface area (Å²) in [4.78, 5) is 0. The van der Waals surface area contributed by atoms with Gasteiger partial charge in [0.15, 0.2) is 0 Å². The van der Waals surface area contributed by atoms with E-state index >= 15 is 0 Å². The number of nitrogens with two attached hydrogens (primary N) is 1. The second kappa shape index (κ2) is 5.86. The molecule has 0 bridgehead atoms. The van der Waals surface area contributed by atoms with Gasteiger partial charge in [0.05, 0.1) is 0 Å². The highest BCUT2D eigenvalue weighted by atomic mass is 14.9. The largest absolute Gasteiger partial charge is 0.329 e. The first-order valence-electron chi connectivity index (χ1n) is 6.83. The van der Waals surface area contributed by atoms with Gasteiger partial charge in [-0.25, -0.2) is 0 Å². The van der Waals surface area contributed by atoms with Crippen molar-refractivity contribution in [3.8, 4) is 0 Å². The lowest BCUT2D eigenvalue weighted by molar-refractivity contribution is 0.271. The molecule has 88 valence electrons. The lowest BCUT2D eigenvalue weighted by Gasteiger charge is -2.30. The normalized spacial score (nSPS) is 25.4. The zero-order valence-corrected chi connectivity index (χ0v) is 9.88. The molecule has 0 aromatic carbocycles. The quantitative estimate of drug-likeness (QED) is 0.706. The van der Waals surface area contributed by atoms with Crippen molar-refractivity contribution in [2.45, 2.75) is 57.4 Å². The molecule has 1 unspecified atom stereocenters. The van der Waals surface area contributed by atoms with Crippen LogP contribution in [0.15, 0.2) is 0 Å². The van der Waals surface area contributed by atoms with Crippen LogP contribution in [0, 0.1) is 11.8 Å². The van der Waals surface area contributed by atoms with Crippen molar-refractivity contribution in [3.63, 3.8) is 0 Å². The van der Waals surface area contributed by atoms with Gasteiger partial charge in [-0.1, -0.05) is 32.1 Å². The SMILES string of the molecule is NCC(NCCC1CC1)C1CCCCC1. The third kappa shape index (κ3) is 3.76. The Labute approximate surface area is 94.0 Å². The van der Waals surface area contributed by atoms with E-state index in [1.807, 2.05) is 0 Å². The fourth-order valence-electron chi connectivity index (χ4n) is 2.86. The van der Waals surface area contributed by atoms with E-state index in [9.17, 15) is 0 Å². The molecule has 1 atom stereocenters. The molecule has 2 saturated carbocycles. The van der Waals surface area contributed by atoms with Gasteiger partial charge in [0.1, 0.15) is 0 Å². The molecule has 0 heterocycles. The summed E-state index contributed by atoms with van der Waals surface area (Å²) >= 11 is 0. The van der Waals surface area contributed by atoms with Crippen molar-refractivity contribution in [2.24, 2.45) is 17.6 Å². The average molecular weight is 210 g/mol. The maximum atomic E-state index is 5.87. The minimum absolute atomic E-state index is 0.601. The molecule has 2 aliphatic rings. The standard InChI is InChI=1S/C13H26N2/c14-10-13(12-4-2-1-3-5-12)15-9-8-11-6-7-11/h11-13,15H,1-10,14H2. The van der Waals surface area contributed by atoms with Gasteiger partial charge in [-0.15, -0.1) is 0 Å². The molecular formula is C13H26N2. The second-order valence-corrected chi connectivity index (χ2v) is 5.43. The van der Waals surface area contributed by atoms with Crippen molar-refractivity contribution in [1.82, 2.24) is 5.32 Å². The zero-order chi connectivity index (χ0) is 10.5. The molecule has 0 radical (unpaired) electrons. The average Bonchev–Trinajstić information content (AvgIpc) is 3.10. The van der Waals surface area contributed by atoms with Gasteiger partial charge in [0.2, 0.25) is 0 Å². The molecule has 2 nitrogen and oxygen atoms in total. The molecular weight excluding hydrogens is 184 g/mol. The van der Waals surface area contributed by atoms with Crippen molar-refractivity contribution in [3.05, 3.63) is 0 Å². The van der Waals surface area contributed by atoms with Gasteiger partial charge >= 0.3 is 0 Å². The van der Waals surface area contributed by atoms with Gasteiger partial charge in [-0.05, 0) is 37.6 Å². The Bertz CT molecular complexity index is 171. The predicted octanol–water partition coefficient (Wildman–Crippen LogP) is 2.28. The van der Waals surface area contributed by atoms with E-state index in [2.05, 4.69) is 5.32 Å². The lowest BCUT2D eigenvalue weighted by atomic mass is 9.84. The summed E-state index contributed by atoms with van der Waals surface area (Å²) in [5.74, 6) is 1.91. The van der Waals surface area contributed by atoms with E-state index in [4.69, 9.17) is 5.73 Å². The van der Waals surface area contributed by atoms with Crippen molar-refractivity contribution < 1.29 is 0 Å². The van der Waals surface area contributed by atoms with Gasteiger partial charge in [0.25, 0.3) is 0 Å². The molecule has 0 saturated heterocycles. The summed E-state index contributed by atoms with van der Waals surface area (Å²) in [6.45, 7) is 2.03. The van der Waals surface area contributed by atoms with Crippen LogP contribution in [0.25, 0.3) is 0 Å². The first-order valence-corrected chi connectivity index (χ1v) is 6.83. The lowest BCUT2D eigenvalue weighted by Crippen LogP contribution is -2.43. The van der Waals surface area contributed by atoms with E-state index in [1.165, 1.54) is 57.9 Å².